The van der Waals surface area contributed by atoms with Crippen LogP contribution in [0.3, 0.4) is 0 Å². The summed E-state index contributed by atoms with van der Waals surface area (Å²) in [5.74, 6) is 0.120. The highest BCUT2D eigenvalue weighted by Gasteiger charge is 2.08. The fraction of sp³-hybridized carbons (Fsp3) is 0.250. The molecule has 0 spiro atoms. The van der Waals surface area contributed by atoms with Crippen LogP contribution in [0.25, 0.3) is 0 Å². The first-order chi connectivity index (χ1) is 4.75. The number of nitrogens with one attached hydrogen (secondary N) is 2. The molecule has 6 heteroatoms. The third-order valence-electron chi connectivity index (χ3n) is 1.05. The molecule has 0 aliphatic heterocycles. The highest BCUT2D eigenvalue weighted by molar-refractivity contribution is 5.32. The minimum Gasteiger partial charge on any atom is -0.373 e. The predicted molar refractivity (Wildman–Crippen MR) is 32.5 cm³/mol. The van der Waals surface area contributed by atoms with Crippen LogP contribution in [0.15, 0.2) is 11.4 Å². The van der Waals surface area contributed by atoms with E-state index in [-0.39, 0.29) is 11.5 Å². The zero-order valence-electron chi connectivity index (χ0n) is 5.07. The van der Waals surface area contributed by atoms with E-state index in [1.165, 1.54) is 6.33 Å². The van der Waals surface area contributed by atoms with Crippen LogP contribution in [-0.2, 0) is 0 Å². The van der Waals surface area contributed by atoms with Crippen molar-refractivity contribution in [1.82, 2.24) is 9.97 Å². The second-order valence-electron chi connectivity index (χ2n) is 1.70. The van der Waals surface area contributed by atoms with Crippen LogP contribution in [0.5, 0.6) is 0 Å². The monoisotopic (exact) mass is 141 g/mol. The van der Waals surface area contributed by atoms with Crippen LogP contribution in [0.2, 0.25) is 0 Å². The lowest BCUT2D eigenvalue weighted by atomic mass is 10.4. The molecule has 1 aromatic heterocycles. The Morgan fingerprint density at radius 3 is 3.00 bits per heavy atom. The van der Waals surface area contributed by atoms with Gasteiger partial charge in [0.15, 0.2) is 5.82 Å². The van der Waals surface area contributed by atoms with E-state index in [1.807, 2.05) is 0 Å². The van der Waals surface area contributed by atoms with Crippen molar-refractivity contribution < 1.29 is 5.11 Å². The smallest absolute Gasteiger partial charge is 0.198 e. The lowest BCUT2D eigenvalue weighted by Crippen LogP contribution is -2.08. The Labute approximate surface area is 56.6 Å². The Morgan fingerprint density at radius 1 is 1.90 bits per heavy atom. The third kappa shape index (κ3) is 1.02. The number of hydrogen-bond acceptors (Lipinski definition) is 5. The number of aromatic nitrogens is 2. The average molecular weight is 141 g/mol. The van der Waals surface area contributed by atoms with E-state index in [0.717, 1.165) is 0 Å². The first kappa shape index (κ1) is 6.84. The summed E-state index contributed by atoms with van der Waals surface area (Å²) >= 11 is 0. The predicted octanol–water partition coefficient (Wildman–Crippen LogP) is 0.0218. The molecule has 0 saturated carbocycles. The van der Waals surface area contributed by atoms with E-state index >= 15 is 0 Å². The van der Waals surface area contributed by atoms with E-state index in [1.54, 1.807) is 0 Å². The number of aromatic amines is 1. The molecular weight excluding hydrogens is 134 g/mol. The van der Waals surface area contributed by atoms with Gasteiger partial charge in [-0.15, -0.1) is 5.11 Å². The number of nitrogens with two attached hydrogens (primary N) is 1. The summed E-state index contributed by atoms with van der Waals surface area (Å²) in [6, 6.07) is 0. The van der Waals surface area contributed by atoms with Crippen LogP contribution >= 0.6 is 0 Å². The van der Waals surface area contributed by atoms with Gasteiger partial charge in [0.25, 0.3) is 0 Å². The topological polar surface area (TPSA) is 111 Å². The zero-order chi connectivity index (χ0) is 7.56. The number of H-pyrrole nitrogens is 1. The lowest BCUT2D eigenvalue weighted by molar-refractivity contribution is 0.182. The molecule has 0 aliphatic carbocycles. The first-order valence-corrected chi connectivity index (χ1v) is 2.60. The quantitative estimate of drug-likeness (QED) is 0.344. The standard InChI is InChI=1S/C4H7N5O/c5-3(10)2-4(9-6)8-1-7-2/h1,3,6,10H,5H2,(H,7,8). The number of rotatable bonds is 2. The second-order valence-corrected chi connectivity index (χ2v) is 1.70. The summed E-state index contributed by atoms with van der Waals surface area (Å²) in [6.07, 6.45) is 0.172. The highest BCUT2D eigenvalue weighted by atomic mass is 16.3. The van der Waals surface area contributed by atoms with E-state index < -0.39 is 6.23 Å². The minimum atomic E-state index is -1.15. The molecule has 1 unspecified atom stereocenters. The molecule has 10 heavy (non-hydrogen) atoms. The summed E-state index contributed by atoms with van der Waals surface area (Å²) in [6.45, 7) is 0. The zero-order valence-corrected chi connectivity index (χ0v) is 5.07. The molecule has 0 fully saturated rings. The van der Waals surface area contributed by atoms with Gasteiger partial charge in [-0.25, -0.2) is 10.5 Å². The van der Waals surface area contributed by atoms with Crippen LogP contribution in [-0.4, -0.2) is 15.1 Å². The number of nitrogens with zero attached hydrogens (tertiary/aromatic N) is 2. The van der Waals surface area contributed by atoms with Crippen LogP contribution in [0, 0.1) is 5.53 Å². The van der Waals surface area contributed by atoms with Crippen molar-refractivity contribution in [2.75, 3.05) is 0 Å². The maximum Gasteiger partial charge on any atom is 0.198 e. The van der Waals surface area contributed by atoms with Crippen LogP contribution in [0.1, 0.15) is 11.9 Å². The largest absolute Gasteiger partial charge is 0.373 e. The molecule has 1 rings (SSSR count). The van der Waals surface area contributed by atoms with Gasteiger partial charge in [0.05, 0.1) is 6.33 Å². The molecule has 1 heterocycles. The summed E-state index contributed by atoms with van der Waals surface area (Å²) in [7, 11) is 0. The van der Waals surface area contributed by atoms with E-state index in [9.17, 15) is 0 Å². The fourth-order valence-corrected chi connectivity index (χ4v) is 0.604. The second kappa shape index (κ2) is 2.54. The van der Waals surface area contributed by atoms with Gasteiger partial charge < -0.3 is 15.8 Å². The maximum atomic E-state index is 8.79. The molecule has 0 saturated heterocycles. The van der Waals surface area contributed by atoms with Gasteiger partial charge in [-0.3, -0.25) is 0 Å². The molecule has 1 atom stereocenters. The van der Waals surface area contributed by atoms with Gasteiger partial charge >= 0.3 is 0 Å². The molecule has 54 valence electrons. The van der Waals surface area contributed by atoms with Crippen molar-refractivity contribution in [2.45, 2.75) is 6.23 Å². The third-order valence-corrected chi connectivity index (χ3v) is 1.05. The Morgan fingerprint density at radius 2 is 2.60 bits per heavy atom. The normalized spacial score (nSPS) is 13.0. The van der Waals surface area contributed by atoms with Gasteiger partial charge in [0.2, 0.25) is 0 Å². The molecule has 1 aromatic rings. The van der Waals surface area contributed by atoms with Crippen molar-refractivity contribution in [3.63, 3.8) is 0 Å². The summed E-state index contributed by atoms with van der Waals surface area (Å²) in [5, 5.41) is 11.8. The molecule has 5 N–H and O–H groups in total. The van der Waals surface area contributed by atoms with Gasteiger partial charge in [0, 0.05) is 0 Å². The van der Waals surface area contributed by atoms with E-state index in [4.69, 9.17) is 16.4 Å². The van der Waals surface area contributed by atoms with Crippen molar-refractivity contribution in [3.05, 3.63) is 12.0 Å². The van der Waals surface area contributed by atoms with Gasteiger partial charge in [-0.1, -0.05) is 0 Å². The first-order valence-electron chi connectivity index (χ1n) is 2.60. The van der Waals surface area contributed by atoms with Crippen molar-refractivity contribution in [2.24, 2.45) is 10.8 Å². The number of aliphatic hydroxyl groups excluding tert-OH is 1. The van der Waals surface area contributed by atoms with Gasteiger partial charge in [-0.05, 0) is 0 Å². The summed E-state index contributed by atoms with van der Waals surface area (Å²) in [5.41, 5.74) is 11.9. The molecule has 6 nitrogen and oxygen atoms in total. The number of aliphatic hydroxyl groups is 1. The molecule has 0 bridgehead atoms. The van der Waals surface area contributed by atoms with E-state index in [2.05, 4.69) is 15.1 Å². The number of hydrogen-bond donors (Lipinski definition) is 4. The average Bonchev–Trinajstić information content (AvgIpc) is 2.33. The molecule has 0 radical (unpaired) electrons. The summed E-state index contributed by atoms with van der Waals surface area (Å²) < 4.78 is 0. The molecule has 0 amide bonds. The lowest BCUT2D eigenvalue weighted by Gasteiger charge is -1.98. The van der Waals surface area contributed by atoms with Crippen molar-refractivity contribution >= 4 is 5.82 Å². The molecular formula is C4H7N5O. The Hall–Kier alpha value is -1.27. The molecule has 0 aliphatic rings. The van der Waals surface area contributed by atoms with Crippen molar-refractivity contribution in [3.8, 4) is 0 Å². The maximum absolute atomic E-state index is 8.79. The highest BCUT2D eigenvalue weighted by Crippen LogP contribution is 2.16. The van der Waals surface area contributed by atoms with Crippen LogP contribution < -0.4 is 5.73 Å². The van der Waals surface area contributed by atoms with Gasteiger partial charge in [-0.2, -0.15) is 0 Å². The van der Waals surface area contributed by atoms with E-state index in [0.29, 0.717) is 0 Å². The van der Waals surface area contributed by atoms with Crippen molar-refractivity contribution in [1.29, 1.82) is 5.53 Å². The number of imidazole rings is 1. The SMILES string of the molecule is N=Nc1nc[nH]c1C(N)O. The summed E-state index contributed by atoms with van der Waals surface area (Å²) in [4.78, 5) is 6.16. The van der Waals surface area contributed by atoms with Gasteiger partial charge in [0.1, 0.15) is 11.9 Å². The fourth-order valence-electron chi connectivity index (χ4n) is 0.604. The minimum absolute atomic E-state index is 0.120. The molecule has 0 aromatic carbocycles. The Balaban J connectivity index is 3.01. The Bertz CT molecular complexity index is 229. The Kier molecular flexibility index (Phi) is 1.74. The van der Waals surface area contributed by atoms with Crippen LogP contribution in [0.4, 0.5) is 5.82 Å².